The normalized spacial score (nSPS) is 15.2. The topological polar surface area (TPSA) is 86.6 Å². The van der Waals surface area contributed by atoms with Crippen molar-refractivity contribution in [3.05, 3.63) is 24.3 Å². The summed E-state index contributed by atoms with van der Waals surface area (Å²) < 4.78 is 0. The lowest BCUT2D eigenvalue weighted by Gasteiger charge is -2.15. The van der Waals surface area contributed by atoms with E-state index in [4.69, 9.17) is 10.2 Å². The van der Waals surface area contributed by atoms with Crippen LogP contribution in [-0.2, 0) is 9.59 Å². The van der Waals surface area contributed by atoms with Crippen LogP contribution in [0.2, 0.25) is 0 Å². The van der Waals surface area contributed by atoms with Gasteiger partial charge >= 0.3 is 5.97 Å². The van der Waals surface area contributed by atoms with Crippen molar-refractivity contribution >= 4 is 11.9 Å². The average Bonchev–Trinajstić information content (AvgIpc) is 2.24. The molecule has 0 radical (unpaired) electrons. The van der Waals surface area contributed by atoms with Gasteiger partial charge in [0.05, 0.1) is 6.10 Å². The molecule has 0 unspecified atom stereocenters. The van der Waals surface area contributed by atoms with Gasteiger partial charge in [-0.25, -0.2) is 4.79 Å². The first-order valence-electron chi connectivity index (χ1n) is 5.89. The van der Waals surface area contributed by atoms with Crippen LogP contribution in [0.1, 0.15) is 27.2 Å². The molecule has 0 bridgehead atoms. The van der Waals surface area contributed by atoms with E-state index in [9.17, 15) is 9.59 Å². The van der Waals surface area contributed by atoms with Crippen molar-refractivity contribution in [1.29, 1.82) is 0 Å². The van der Waals surface area contributed by atoms with E-state index in [0.717, 1.165) is 6.42 Å². The molecule has 0 aromatic heterocycles. The fourth-order valence-electron chi connectivity index (χ4n) is 1.16. The molecular formula is C13H21NO4. The molecule has 0 fully saturated rings. The number of rotatable bonds is 7. The molecular weight excluding hydrogens is 234 g/mol. The highest BCUT2D eigenvalue weighted by atomic mass is 16.4. The molecule has 5 heteroatoms. The lowest BCUT2D eigenvalue weighted by atomic mass is 10.1. The summed E-state index contributed by atoms with van der Waals surface area (Å²) in [5.74, 6) is -1.25. The van der Waals surface area contributed by atoms with Gasteiger partial charge in [0.15, 0.2) is 6.04 Å². The summed E-state index contributed by atoms with van der Waals surface area (Å²) in [5.41, 5.74) is 0. The van der Waals surface area contributed by atoms with E-state index < -0.39 is 24.0 Å². The van der Waals surface area contributed by atoms with Crippen LogP contribution in [0.15, 0.2) is 24.3 Å². The van der Waals surface area contributed by atoms with Crippen molar-refractivity contribution in [2.75, 3.05) is 0 Å². The van der Waals surface area contributed by atoms with Crippen LogP contribution < -0.4 is 5.32 Å². The minimum Gasteiger partial charge on any atom is -0.480 e. The summed E-state index contributed by atoms with van der Waals surface area (Å²) in [4.78, 5) is 22.1. The van der Waals surface area contributed by atoms with E-state index in [2.05, 4.69) is 19.2 Å². The Bertz CT molecular complexity index is 332. The maximum Gasteiger partial charge on any atom is 0.328 e. The first kappa shape index (κ1) is 16.4. The minimum atomic E-state index is -1.29. The number of carbonyl (C=O) groups is 2. The van der Waals surface area contributed by atoms with E-state index in [1.54, 1.807) is 12.2 Å². The third kappa shape index (κ3) is 7.62. The van der Waals surface area contributed by atoms with Gasteiger partial charge in [-0.2, -0.15) is 0 Å². The second-order valence-corrected chi connectivity index (χ2v) is 4.48. The minimum absolute atomic E-state index is 0.544. The predicted octanol–water partition coefficient (Wildman–Crippen LogP) is 1.10. The van der Waals surface area contributed by atoms with Crippen molar-refractivity contribution in [3.8, 4) is 0 Å². The zero-order valence-corrected chi connectivity index (χ0v) is 11.0. The highest BCUT2D eigenvalue weighted by Crippen LogP contribution is 1.99. The van der Waals surface area contributed by atoms with Gasteiger partial charge in [-0.3, -0.25) is 4.79 Å². The lowest BCUT2D eigenvalue weighted by molar-refractivity contribution is -0.144. The largest absolute Gasteiger partial charge is 0.480 e. The molecule has 0 spiro atoms. The van der Waals surface area contributed by atoms with Gasteiger partial charge in [0.25, 0.3) is 0 Å². The molecule has 102 valence electrons. The number of aliphatic hydroxyl groups excluding tert-OH is 1. The Kier molecular flexibility index (Phi) is 7.71. The molecule has 0 saturated carbocycles. The van der Waals surface area contributed by atoms with Crippen molar-refractivity contribution in [3.63, 3.8) is 0 Å². The second-order valence-electron chi connectivity index (χ2n) is 4.48. The summed E-state index contributed by atoms with van der Waals surface area (Å²) in [7, 11) is 0. The van der Waals surface area contributed by atoms with Crippen molar-refractivity contribution in [1.82, 2.24) is 5.32 Å². The van der Waals surface area contributed by atoms with Crippen LogP contribution in [0.3, 0.4) is 0 Å². The maximum absolute atomic E-state index is 11.4. The molecule has 0 aliphatic rings. The molecule has 0 rings (SSSR count). The number of nitrogens with one attached hydrogen (secondary N) is 1. The number of hydrogen-bond donors (Lipinski definition) is 3. The van der Waals surface area contributed by atoms with E-state index in [1.807, 2.05) is 6.08 Å². The number of aliphatic carboxylic acids is 1. The molecule has 5 nitrogen and oxygen atoms in total. The van der Waals surface area contributed by atoms with Crippen LogP contribution in [-0.4, -0.2) is 34.2 Å². The van der Waals surface area contributed by atoms with Gasteiger partial charge in [0, 0.05) is 6.08 Å². The number of carboxylic acids is 1. The van der Waals surface area contributed by atoms with Gasteiger partial charge in [-0.1, -0.05) is 32.1 Å². The lowest BCUT2D eigenvalue weighted by Crippen LogP contribution is -2.47. The first-order valence-corrected chi connectivity index (χ1v) is 5.89. The molecule has 0 aromatic carbocycles. The second kappa shape index (κ2) is 8.47. The predicted molar refractivity (Wildman–Crippen MR) is 69.0 cm³/mol. The highest BCUT2D eigenvalue weighted by molar-refractivity contribution is 5.91. The first-order chi connectivity index (χ1) is 8.34. The quantitative estimate of drug-likeness (QED) is 0.469. The maximum atomic E-state index is 11.4. The SMILES string of the molecule is CC(C)C/C=C/C=C/C(=O)N[C@H](C(=O)O)[C@@H](C)O. The zero-order chi connectivity index (χ0) is 14.1. The molecule has 0 saturated heterocycles. The molecule has 18 heavy (non-hydrogen) atoms. The average molecular weight is 255 g/mol. The number of carboxylic acid groups (broad SMARTS) is 1. The monoisotopic (exact) mass is 255 g/mol. The van der Waals surface area contributed by atoms with Gasteiger partial charge in [-0.05, 0) is 19.3 Å². The molecule has 0 heterocycles. The number of allylic oxidation sites excluding steroid dienone is 3. The fraction of sp³-hybridized carbons (Fsp3) is 0.538. The summed E-state index contributed by atoms with van der Waals surface area (Å²) >= 11 is 0. The van der Waals surface area contributed by atoms with E-state index >= 15 is 0 Å². The van der Waals surface area contributed by atoms with E-state index in [-0.39, 0.29) is 0 Å². The van der Waals surface area contributed by atoms with Crippen molar-refractivity contribution in [2.45, 2.75) is 39.3 Å². The summed E-state index contributed by atoms with van der Waals surface area (Å²) in [6.07, 6.45) is 6.21. The number of amides is 1. The Morgan fingerprint density at radius 2 is 1.83 bits per heavy atom. The Hall–Kier alpha value is -1.62. The number of hydrogen-bond acceptors (Lipinski definition) is 3. The van der Waals surface area contributed by atoms with Gasteiger partial charge in [0.1, 0.15) is 0 Å². The number of carbonyl (C=O) groups excluding carboxylic acids is 1. The highest BCUT2D eigenvalue weighted by Gasteiger charge is 2.23. The molecule has 0 aliphatic heterocycles. The molecule has 0 aromatic rings. The Balaban J connectivity index is 4.21. The smallest absolute Gasteiger partial charge is 0.328 e. The van der Waals surface area contributed by atoms with Crippen molar-refractivity contribution < 1.29 is 19.8 Å². The summed E-state index contributed by atoms with van der Waals surface area (Å²) in [6.45, 7) is 5.48. The number of aliphatic hydroxyl groups is 1. The molecule has 1 amide bonds. The van der Waals surface area contributed by atoms with Gasteiger partial charge in [0.2, 0.25) is 5.91 Å². The molecule has 2 atom stereocenters. The fourth-order valence-corrected chi connectivity index (χ4v) is 1.16. The Morgan fingerprint density at radius 1 is 1.22 bits per heavy atom. The van der Waals surface area contributed by atoms with Crippen LogP contribution >= 0.6 is 0 Å². The van der Waals surface area contributed by atoms with Crippen molar-refractivity contribution in [2.24, 2.45) is 5.92 Å². The third-order valence-corrected chi connectivity index (χ3v) is 2.15. The van der Waals surface area contributed by atoms with Gasteiger partial charge in [-0.15, -0.1) is 0 Å². The summed E-state index contributed by atoms with van der Waals surface area (Å²) in [6, 6.07) is -1.29. The zero-order valence-electron chi connectivity index (χ0n) is 11.0. The summed E-state index contributed by atoms with van der Waals surface area (Å²) in [5, 5.41) is 20.1. The van der Waals surface area contributed by atoms with Crippen LogP contribution in [0.5, 0.6) is 0 Å². The van der Waals surface area contributed by atoms with Crippen LogP contribution in [0.4, 0.5) is 0 Å². The third-order valence-electron chi connectivity index (χ3n) is 2.15. The Morgan fingerprint density at radius 3 is 2.28 bits per heavy atom. The standard InChI is InChI=1S/C13H21NO4/c1-9(2)7-5-4-6-8-11(16)14-12(10(3)15)13(17)18/h4-6,8-10,12,15H,7H2,1-3H3,(H,14,16)(H,17,18)/b5-4+,8-6+/t10-,12+/m1/s1. The van der Waals surface area contributed by atoms with Gasteiger partial charge < -0.3 is 15.5 Å². The van der Waals surface area contributed by atoms with E-state index in [1.165, 1.54) is 13.0 Å². The molecule has 0 aliphatic carbocycles. The molecule has 3 N–H and O–H groups in total. The van der Waals surface area contributed by atoms with E-state index in [0.29, 0.717) is 5.92 Å². The van der Waals surface area contributed by atoms with Crippen LogP contribution in [0, 0.1) is 5.92 Å². The Labute approximate surface area is 107 Å². The van der Waals surface area contributed by atoms with Crippen LogP contribution in [0.25, 0.3) is 0 Å².